The number of carbonyl (C=O) groups is 4. The van der Waals surface area contributed by atoms with Gasteiger partial charge in [-0.3, -0.25) is 24.6 Å². The molecule has 0 spiro atoms. The first kappa shape index (κ1) is 45.9. The Balaban J connectivity index is 1.64. The molecule has 328 valence electrons. The molecule has 6 N–H and O–H groups in total. The molecule has 2 aromatic carbocycles. The average molecular weight is 840 g/mol. The predicted molar refractivity (Wildman–Crippen MR) is 218 cm³/mol. The third-order valence-electron chi connectivity index (χ3n) is 11.5. The minimum absolute atomic E-state index is 0.0642. The van der Waals surface area contributed by atoms with Gasteiger partial charge in [-0.15, -0.1) is 0 Å². The van der Waals surface area contributed by atoms with Crippen molar-refractivity contribution in [2.45, 2.75) is 85.6 Å². The number of morpholine rings is 1. The third kappa shape index (κ3) is 9.55. The lowest BCUT2D eigenvalue weighted by atomic mass is 9.78. The van der Waals surface area contributed by atoms with Gasteiger partial charge in [0.05, 0.1) is 54.4 Å². The molecule has 0 radical (unpaired) electrons. The van der Waals surface area contributed by atoms with Crippen molar-refractivity contribution in [1.82, 2.24) is 10.4 Å². The molecule has 0 unspecified atom stereocenters. The Morgan fingerprint density at radius 3 is 2.32 bits per heavy atom. The smallest absolute Gasteiger partial charge is 0.312 e. The summed E-state index contributed by atoms with van der Waals surface area (Å²) in [5.74, 6) is -8.35. The van der Waals surface area contributed by atoms with E-state index in [0.717, 1.165) is 0 Å². The van der Waals surface area contributed by atoms with E-state index in [-0.39, 0.29) is 44.7 Å². The van der Waals surface area contributed by atoms with Crippen LogP contribution in [0.15, 0.2) is 42.2 Å². The normalized spacial score (nSPS) is 31.4. The zero-order chi connectivity index (χ0) is 44.2. The molecular weight excluding hydrogens is 782 g/mol. The van der Waals surface area contributed by atoms with Crippen molar-refractivity contribution in [2.75, 3.05) is 45.3 Å². The summed E-state index contributed by atoms with van der Waals surface area (Å²) in [6, 6.07) is 1.24. The fourth-order valence-corrected chi connectivity index (χ4v) is 7.78. The van der Waals surface area contributed by atoms with Gasteiger partial charge in [-0.1, -0.05) is 45.9 Å². The van der Waals surface area contributed by atoms with Gasteiger partial charge in [0, 0.05) is 80.3 Å². The van der Waals surface area contributed by atoms with Crippen LogP contribution in [0.2, 0.25) is 0 Å². The van der Waals surface area contributed by atoms with Crippen LogP contribution in [-0.4, -0.2) is 119 Å². The number of ether oxygens (including phenoxy) is 6. The summed E-state index contributed by atoms with van der Waals surface area (Å²) in [4.78, 5) is 53.5. The summed E-state index contributed by atoms with van der Waals surface area (Å²) in [5, 5.41) is 50.1. The Labute approximate surface area is 348 Å². The number of aliphatic hydroxyl groups is 2. The van der Waals surface area contributed by atoms with Crippen LogP contribution in [0.3, 0.4) is 0 Å². The molecule has 2 amide bonds. The second kappa shape index (κ2) is 19.0. The molecule has 17 nitrogen and oxygen atoms in total. The van der Waals surface area contributed by atoms with Crippen LogP contribution >= 0.6 is 0 Å². The van der Waals surface area contributed by atoms with Crippen molar-refractivity contribution in [1.29, 1.82) is 0 Å². The number of hydrazine groups is 1. The molecule has 1 fully saturated rings. The first-order chi connectivity index (χ1) is 28.3. The maximum absolute atomic E-state index is 14.5. The first-order valence-electron chi connectivity index (χ1n) is 19.9. The number of methoxy groups -OCH3 is 1. The monoisotopic (exact) mass is 839 g/mol. The van der Waals surface area contributed by atoms with Crippen molar-refractivity contribution in [3.8, 4) is 23.0 Å². The molecule has 4 heterocycles. The molecular formula is C43H57N3O14. The lowest BCUT2D eigenvalue weighted by molar-refractivity contribution is -0.160. The Bertz CT molecular complexity index is 2060. The van der Waals surface area contributed by atoms with Crippen molar-refractivity contribution in [2.24, 2.45) is 23.7 Å². The molecule has 2 aromatic rings. The molecule has 0 aliphatic carbocycles. The lowest BCUT2D eigenvalue weighted by Gasteiger charge is -2.38. The summed E-state index contributed by atoms with van der Waals surface area (Å²) in [6.07, 6.45) is 3.54. The number of esters is 1. The van der Waals surface area contributed by atoms with Gasteiger partial charge in [0.1, 0.15) is 23.4 Å². The van der Waals surface area contributed by atoms with E-state index in [9.17, 15) is 39.6 Å². The van der Waals surface area contributed by atoms with Crippen LogP contribution in [0.4, 0.5) is 5.69 Å². The molecule has 4 aliphatic heterocycles. The third-order valence-corrected chi connectivity index (χ3v) is 11.5. The number of aliphatic hydroxyl groups excluding tert-OH is 2. The quantitative estimate of drug-likeness (QED) is 0.180. The Hall–Kier alpha value is -5.20. The molecule has 0 saturated carbocycles. The topological polar surface area (TPSA) is 232 Å². The summed E-state index contributed by atoms with van der Waals surface area (Å²) < 4.78 is 35.0. The van der Waals surface area contributed by atoms with Crippen LogP contribution in [0.25, 0.3) is 10.8 Å². The molecule has 6 rings (SSSR count). The summed E-state index contributed by atoms with van der Waals surface area (Å²) >= 11 is 0. The molecule has 9 atom stereocenters. The Morgan fingerprint density at radius 1 is 0.983 bits per heavy atom. The van der Waals surface area contributed by atoms with Gasteiger partial charge < -0.3 is 54.2 Å². The number of hydrogen-bond acceptors (Lipinski definition) is 15. The number of hydrogen-bond donors (Lipinski definition) is 6. The van der Waals surface area contributed by atoms with Crippen LogP contribution in [0.5, 0.6) is 23.0 Å². The highest BCUT2D eigenvalue weighted by atomic mass is 16.7. The Morgan fingerprint density at radius 2 is 1.67 bits per heavy atom. The lowest BCUT2D eigenvalue weighted by Crippen LogP contribution is -2.49. The number of Topliss-reactive ketones (excluding diaryl/α,β-unsaturated/α-hetero) is 1. The first-order valence-corrected chi connectivity index (χ1v) is 19.9. The van der Waals surface area contributed by atoms with E-state index in [0.29, 0.717) is 26.3 Å². The number of nitrogens with zero attached hydrogens (tertiary/aromatic N) is 1. The fraction of sp³-hybridized carbons (Fsp3) is 0.535. The van der Waals surface area contributed by atoms with E-state index in [2.05, 4.69) is 10.7 Å². The number of aromatic hydroxyl groups is 2. The number of rotatable bonds is 6. The van der Waals surface area contributed by atoms with Crippen LogP contribution in [0, 0.1) is 30.6 Å². The maximum Gasteiger partial charge on any atom is 0.312 e. The van der Waals surface area contributed by atoms with E-state index in [1.807, 2.05) is 0 Å². The Kier molecular flexibility index (Phi) is 14.5. The van der Waals surface area contributed by atoms with Crippen LogP contribution < -0.4 is 20.2 Å². The van der Waals surface area contributed by atoms with Crippen molar-refractivity contribution in [3.63, 3.8) is 0 Å². The number of phenolic OH excluding ortho intramolecular Hbond substituents is 2. The number of allylic oxidation sites excluding steroid dienone is 2. The van der Waals surface area contributed by atoms with E-state index < -0.39 is 95.5 Å². The number of benzene rings is 2. The van der Waals surface area contributed by atoms with Crippen molar-refractivity contribution < 1.29 is 68.0 Å². The second-order valence-corrected chi connectivity index (χ2v) is 15.8. The number of phenols is 2. The standard InChI is InChI=1S/C43H57N3O14/c1-21-11-10-12-22(2)42(54)44-28-19-30(57-20-31(48)45-46-14-17-56-18-15-46)32-33(38(28)52)37(51)26(6)40-34(32)41(53)43(8,60-40)58-16-13-29(55-9)23(3)39(59-27(7)47)25(5)36(50)24(4)35(21)49/h10-13,16,19,21,23-25,29,35-36,39,49-52H,14-15,17-18,20H2,1-9H3,(H,44,54)(H,45,48)/b11-10+,16-13+,22-12-/t21-,23+,24+,25+,29-,35-,36+,39+,43-/m0/s1. The highest BCUT2D eigenvalue weighted by Gasteiger charge is 2.49. The minimum atomic E-state index is -2.04. The van der Waals surface area contributed by atoms with Crippen LogP contribution in [-0.2, 0) is 33.3 Å². The summed E-state index contributed by atoms with van der Waals surface area (Å²) in [6.45, 7) is 13.7. The van der Waals surface area contributed by atoms with Gasteiger partial charge in [0.2, 0.25) is 0 Å². The average Bonchev–Trinajstić information content (AvgIpc) is 3.48. The predicted octanol–water partition coefficient (Wildman–Crippen LogP) is 3.79. The molecule has 4 aliphatic rings. The number of carbonyl (C=O) groups excluding carboxylic acids is 4. The highest BCUT2D eigenvalue weighted by molar-refractivity contribution is 6.21. The van der Waals surface area contributed by atoms with Crippen LogP contribution in [0.1, 0.15) is 64.4 Å². The number of nitrogens with one attached hydrogen (secondary N) is 2. The van der Waals surface area contributed by atoms with Gasteiger partial charge in [0.15, 0.2) is 12.4 Å². The fourth-order valence-electron chi connectivity index (χ4n) is 7.78. The highest BCUT2D eigenvalue weighted by Crippen LogP contribution is 2.54. The number of ketones is 1. The van der Waals surface area contributed by atoms with E-state index >= 15 is 0 Å². The number of amides is 2. The zero-order valence-corrected chi connectivity index (χ0v) is 35.4. The molecule has 0 aromatic heterocycles. The summed E-state index contributed by atoms with van der Waals surface area (Å²) in [5.41, 5.74) is 2.67. The largest absolute Gasteiger partial charge is 0.507 e. The van der Waals surface area contributed by atoms with Gasteiger partial charge in [-0.05, 0) is 19.9 Å². The van der Waals surface area contributed by atoms with Gasteiger partial charge >= 0.3 is 11.8 Å². The van der Waals surface area contributed by atoms with Gasteiger partial charge in [0.25, 0.3) is 17.6 Å². The van der Waals surface area contributed by atoms with E-state index in [1.165, 1.54) is 59.3 Å². The SMILES string of the molecule is CO[C@H]1/C=C/O[C@@]2(C)Oc3c(C)c(O)c4c(O)c(cc(OCC(=O)NN5CCOCC5)c4c3C2=O)NC(=O)/C(C)=C\C=C\[C@H](C)[C@H](O)[C@@H](C)[C@@H](O)[C@@H](C)[C@H](OC(C)=O)[C@@H]1C. The molecule has 17 heteroatoms. The van der Waals surface area contributed by atoms with Crippen molar-refractivity contribution >= 4 is 40.0 Å². The summed E-state index contributed by atoms with van der Waals surface area (Å²) in [7, 11) is 1.43. The van der Waals surface area contributed by atoms with Crippen molar-refractivity contribution in [3.05, 3.63) is 53.3 Å². The number of fused-ring (bicyclic) bond motifs is 14. The minimum Gasteiger partial charge on any atom is -0.507 e. The zero-order valence-electron chi connectivity index (χ0n) is 35.4. The van der Waals surface area contributed by atoms with Gasteiger partial charge in [-0.25, -0.2) is 5.01 Å². The maximum atomic E-state index is 14.5. The second-order valence-electron chi connectivity index (χ2n) is 15.8. The molecule has 60 heavy (non-hydrogen) atoms. The van der Waals surface area contributed by atoms with E-state index in [1.54, 1.807) is 44.9 Å². The van der Waals surface area contributed by atoms with E-state index in [4.69, 9.17) is 28.4 Å². The number of anilines is 1. The molecule has 5 bridgehead atoms. The van der Waals surface area contributed by atoms with Gasteiger partial charge in [-0.2, -0.15) is 0 Å². The molecule has 1 saturated heterocycles.